The molecule has 4 heteroatoms. The van der Waals surface area contributed by atoms with E-state index in [0.717, 1.165) is 12.8 Å². The van der Waals surface area contributed by atoms with Crippen molar-refractivity contribution in [1.29, 1.82) is 0 Å². The molecule has 0 aliphatic heterocycles. The molecule has 0 bridgehead atoms. The van der Waals surface area contributed by atoms with Crippen LogP contribution < -0.4 is 10.6 Å². The van der Waals surface area contributed by atoms with Crippen LogP contribution >= 0.6 is 0 Å². The second-order valence-corrected chi connectivity index (χ2v) is 4.16. The molecule has 0 atom stereocenters. The quantitative estimate of drug-likeness (QED) is 0.816. The van der Waals surface area contributed by atoms with Crippen molar-refractivity contribution in [2.75, 3.05) is 11.9 Å². The van der Waals surface area contributed by atoms with Crippen LogP contribution in [0.25, 0.3) is 0 Å². The number of nitrogens with one attached hydrogen (secondary N) is 2. The van der Waals surface area contributed by atoms with Crippen LogP contribution in [-0.4, -0.2) is 18.5 Å². The molecule has 2 N–H and O–H groups in total. The molecule has 1 aromatic rings. The van der Waals surface area contributed by atoms with E-state index in [0.29, 0.717) is 17.3 Å². The zero-order valence-electron chi connectivity index (χ0n) is 9.22. The molecule has 1 aliphatic rings. The van der Waals surface area contributed by atoms with Gasteiger partial charge in [-0.3, -0.25) is 4.79 Å². The lowest BCUT2D eigenvalue weighted by Crippen LogP contribution is -2.31. The maximum atomic E-state index is 13.2. The summed E-state index contributed by atoms with van der Waals surface area (Å²) in [7, 11) is 0. The van der Waals surface area contributed by atoms with E-state index in [1.165, 1.54) is 6.07 Å². The van der Waals surface area contributed by atoms with Gasteiger partial charge in [0.15, 0.2) is 0 Å². The van der Waals surface area contributed by atoms with Crippen molar-refractivity contribution < 1.29 is 9.18 Å². The highest BCUT2D eigenvalue weighted by atomic mass is 19.1. The van der Waals surface area contributed by atoms with E-state index in [2.05, 4.69) is 10.6 Å². The lowest BCUT2D eigenvalue weighted by molar-refractivity contribution is -0.119. The molecule has 1 amide bonds. The molecule has 1 saturated carbocycles. The third-order valence-electron chi connectivity index (χ3n) is 2.57. The van der Waals surface area contributed by atoms with Crippen LogP contribution in [0.2, 0.25) is 0 Å². The van der Waals surface area contributed by atoms with Crippen molar-refractivity contribution in [3.8, 4) is 0 Å². The summed E-state index contributed by atoms with van der Waals surface area (Å²) in [6.45, 7) is 1.90. The van der Waals surface area contributed by atoms with E-state index in [9.17, 15) is 9.18 Å². The number of halogens is 1. The van der Waals surface area contributed by atoms with Gasteiger partial charge in [-0.05, 0) is 37.5 Å². The summed E-state index contributed by atoms with van der Waals surface area (Å²) in [5.41, 5.74) is 1.24. The summed E-state index contributed by atoms with van der Waals surface area (Å²) in [6.07, 6.45) is 2.15. The maximum absolute atomic E-state index is 13.2. The minimum Gasteiger partial charge on any atom is -0.376 e. The fraction of sp³-hybridized carbons (Fsp3) is 0.417. The van der Waals surface area contributed by atoms with Crippen LogP contribution in [0.15, 0.2) is 18.2 Å². The first-order chi connectivity index (χ1) is 7.65. The predicted octanol–water partition coefficient (Wildman–Crippen LogP) is 1.82. The van der Waals surface area contributed by atoms with Crippen LogP contribution in [0.1, 0.15) is 18.4 Å². The number of carbonyl (C=O) groups is 1. The fourth-order valence-electron chi connectivity index (χ4n) is 1.39. The molecule has 0 aromatic heterocycles. The Balaban J connectivity index is 1.83. The van der Waals surface area contributed by atoms with E-state index in [1.807, 2.05) is 0 Å². The molecule has 0 saturated heterocycles. The zero-order valence-corrected chi connectivity index (χ0v) is 9.22. The van der Waals surface area contributed by atoms with Crippen LogP contribution in [0.4, 0.5) is 10.1 Å². The Morgan fingerprint density at radius 1 is 1.50 bits per heavy atom. The maximum Gasteiger partial charge on any atom is 0.239 e. The molecule has 1 aromatic carbocycles. The van der Waals surface area contributed by atoms with Crippen molar-refractivity contribution >= 4 is 11.6 Å². The Bertz CT molecular complexity index is 402. The van der Waals surface area contributed by atoms with Gasteiger partial charge in [0.2, 0.25) is 5.91 Å². The lowest BCUT2D eigenvalue weighted by Gasteiger charge is -2.07. The number of carbonyl (C=O) groups excluding carboxylic acids is 1. The molecule has 16 heavy (non-hydrogen) atoms. The number of hydrogen-bond donors (Lipinski definition) is 2. The van der Waals surface area contributed by atoms with Crippen LogP contribution in [0.3, 0.4) is 0 Å². The summed E-state index contributed by atoms with van der Waals surface area (Å²) in [5, 5.41) is 5.75. The molecule has 86 valence electrons. The van der Waals surface area contributed by atoms with Crippen LogP contribution in [0, 0.1) is 12.7 Å². The first-order valence-electron chi connectivity index (χ1n) is 5.44. The minimum absolute atomic E-state index is 0.0384. The number of aryl methyl sites for hydroxylation is 1. The monoisotopic (exact) mass is 222 g/mol. The van der Waals surface area contributed by atoms with Crippen LogP contribution in [0.5, 0.6) is 0 Å². The van der Waals surface area contributed by atoms with E-state index in [-0.39, 0.29) is 18.3 Å². The first kappa shape index (κ1) is 10.9. The standard InChI is InChI=1S/C12H15FN2O/c1-8-2-3-10(6-11(8)13)14-7-12(16)15-9-4-5-9/h2-3,6,9,14H,4-5,7H2,1H3,(H,15,16). The van der Waals surface area contributed by atoms with Crippen molar-refractivity contribution in [2.24, 2.45) is 0 Å². The van der Waals surface area contributed by atoms with Gasteiger partial charge in [-0.15, -0.1) is 0 Å². The van der Waals surface area contributed by atoms with E-state index < -0.39 is 0 Å². The highest BCUT2D eigenvalue weighted by Crippen LogP contribution is 2.18. The molecular formula is C12H15FN2O. The number of rotatable bonds is 4. The molecule has 0 radical (unpaired) electrons. The summed E-state index contributed by atoms with van der Waals surface area (Å²) < 4.78 is 13.2. The largest absolute Gasteiger partial charge is 0.376 e. The second kappa shape index (κ2) is 4.51. The molecular weight excluding hydrogens is 207 g/mol. The lowest BCUT2D eigenvalue weighted by atomic mass is 10.2. The van der Waals surface area contributed by atoms with Gasteiger partial charge in [0.1, 0.15) is 5.82 Å². The summed E-state index contributed by atoms with van der Waals surface area (Å²) in [5.74, 6) is -0.295. The molecule has 1 fully saturated rings. The number of anilines is 1. The Morgan fingerprint density at radius 2 is 2.25 bits per heavy atom. The molecule has 3 nitrogen and oxygen atoms in total. The highest BCUT2D eigenvalue weighted by Gasteiger charge is 2.22. The van der Waals surface area contributed by atoms with Crippen molar-refractivity contribution in [3.63, 3.8) is 0 Å². The molecule has 1 aliphatic carbocycles. The predicted molar refractivity (Wildman–Crippen MR) is 60.8 cm³/mol. The molecule has 0 spiro atoms. The van der Waals surface area contributed by atoms with Gasteiger partial charge in [-0.1, -0.05) is 6.07 Å². The average Bonchev–Trinajstić information content (AvgIpc) is 3.04. The van der Waals surface area contributed by atoms with Gasteiger partial charge in [0, 0.05) is 11.7 Å². The first-order valence-corrected chi connectivity index (χ1v) is 5.44. The Kier molecular flexibility index (Phi) is 3.08. The van der Waals surface area contributed by atoms with Gasteiger partial charge in [0.05, 0.1) is 6.54 Å². The third kappa shape index (κ3) is 2.95. The Morgan fingerprint density at radius 3 is 2.88 bits per heavy atom. The van der Waals surface area contributed by atoms with Gasteiger partial charge in [-0.25, -0.2) is 4.39 Å². The topological polar surface area (TPSA) is 41.1 Å². The smallest absolute Gasteiger partial charge is 0.239 e. The second-order valence-electron chi connectivity index (χ2n) is 4.16. The van der Waals surface area contributed by atoms with Crippen molar-refractivity contribution in [2.45, 2.75) is 25.8 Å². The van der Waals surface area contributed by atoms with E-state index in [1.54, 1.807) is 19.1 Å². The van der Waals surface area contributed by atoms with Gasteiger partial charge in [0.25, 0.3) is 0 Å². The minimum atomic E-state index is -0.257. The van der Waals surface area contributed by atoms with E-state index >= 15 is 0 Å². The normalized spacial score (nSPS) is 14.6. The van der Waals surface area contributed by atoms with Gasteiger partial charge >= 0.3 is 0 Å². The van der Waals surface area contributed by atoms with E-state index in [4.69, 9.17) is 0 Å². The molecule has 0 heterocycles. The van der Waals surface area contributed by atoms with Gasteiger partial charge in [-0.2, -0.15) is 0 Å². The number of amides is 1. The van der Waals surface area contributed by atoms with Crippen LogP contribution in [-0.2, 0) is 4.79 Å². The number of benzene rings is 1. The molecule has 2 rings (SSSR count). The zero-order chi connectivity index (χ0) is 11.5. The Labute approximate surface area is 94.0 Å². The molecule has 0 unspecified atom stereocenters. The SMILES string of the molecule is Cc1ccc(NCC(=O)NC2CC2)cc1F. The Hall–Kier alpha value is -1.58. The average molecular weight is 222 g/mol. The fourth-order valence-corrected chi connectivity index (χ4v) is 1.39. The summed E-state index contributed by atoms with van der Waals surface area (Å²) in [6, 6.07) is 5.23. The van der Waals surface area contributed by atoms with Crippen molar-refractivity contribution in [1.82, 2.24) is 5.32 Å². The summed E-state index contributed by atoms with van der Waals surface area (Å²) in [4.78, 5) is 11.4. The van der Waals surface area contributed by atoms with Gasteiger partial charge < -0.3 is 10.6 Å². The third-order valence-corrected chi connectivity index (χ3v) is 2.57. The number of hydrogen-bond acceptors (Lipinski definition) is 2. The summed E-state index contributed by atoms with van der Waals surface area (Å²) >= 11 is 0. The van der Waals surface area contributed by atoms with Crippen molar-refractivity contribution in [3.05, 3.63) is 29.6 Å². The highest BCUT2D eigenvalue weighted by molar-refractivity contribution is 5.81.